The molecule has 0 spiro atoms. The fourth-order valence-electron chi connectivity index (χ4n) is 2.48. The third-order valence-electron chi connectivity index (χ3n) is 3.53. The molecular weight excluding hydrogens is 250 g/mol. The third-order valence-corrected chi connectivity index (χ3v) is 3.53. The van der Waals surface area contributed by atoms with Gasteiger partial charge in [-0.3, -0.25) is 9.78 Å². The maximum Gasteiger partial charge on any atom is 0.259 e. The maximum atomic E-state index is 12.7. The van der Waals surface area contributed by atoms with Crippen LogP contribution in [-0.4, -0.2) is 23.5 Å². The maximum absolute atomic E-state index is 12.7. The lowest BCUT2D eigenvalue weighted by Crippen LogP contribution is -2.39. The van der Waals surface area contributed by atoms with Crippen LogP contribution in [0.25, 0.3) is 0 Å². The smallest absolute Gasteiger partial charge is 0.259 e. The predicted octanol–water partition coefficient (Wildman–Crippen LogP) is 2.22. The molecule has 0 saturated carbocycles. The van der Waals surface area contributed by atoms with Gasteiger partial charge in [0.05, 0.1) is 5.56 Å². The van der Waals surface area contributed by atoms with Crippen molar-refractivity contribution in [2.24, 2.45) is 0 Å². The van der Waals surface area contributed by atoms with Gasteiger partial charge >= 0.3 is 0 Å². The highest BCUT2D eigenvalue weighted by molar-refractivity contribution is 6.06. The predicted molar refractivity (Wildman–Crippen MR) is 78.7 cm³/mol. The Balaban J connectivity index is 2.01. The van der Waals surface area contributed by atoms with Crippen LogP contribution in [0.4, 0.5) is 5.69 Å². The number of pyridine rings is 1. The molecule has 1 N–H and O–H groups in total. The second-order valence-corrected chi connectivity index (χ2v) is 5.07. The van der Waals surface area contributed by atoms with Gasteiger partial charge in [-0.2, -0.15) is 0 Å². The number of amides is 1. The van der Waals surface area contributed by atoms with Crippen molar-refractivity contribution in [1.29, 1.82) is 0 Å². The summed E-state index contributed by atoms with van der Waals surface area (Å²) >= 11 is 0. The number of fused-ring (bicyclic) bond motifs is 1. The van der Waals surface area contributed by atoms with E-state index in [-0.39, 0.29) is 11.9 Å². The van der Waals surface area contributed by atoms with Crippen molar-refractivity contribution in [2.45, 2.75) is 19.5 Å². The normalized spacial score (nSPS) is 18.2. The van der Waals surface area contributed by atoms with Gasteiger partial charge in [-0.25, -0.2) is 0 Å². The topological polar surface area (TPSA) is 45.2 Å². The number of rotatable bonds is 1. The van der Waals surface area contributed by atoms with Crippen LogP contribution >= 0.6 is 0 Å². The van der Waals surface area contributed by atoms with Gasteiger partial charge in [-0.15, -0.1) is 0 Å². The van der Waals surface area contributed by atoms with Crippen LogP contribution in [0.5, 0.6) is 0 Å². The van der Waals surface area contributed by atoms with Gasteiger partial charge in [0.1, 0.15) is 0 Å². The average Bonchev–Trinajstić information content (AvgIpc) is 2.67. The Labute approximate surface area is 118 Å². The van der Waals surface area contributed by atoms with Crippen molar-refractivity contribution < 1.29 is 4.79 Å². The monoisotopic (exact) mass is 267 g/mol. The van der Waals surface area contributed by atoms with Gasteiger partial charge in [0.15, 0.2) is 0 Å². The van der Waals surface area contributed by atoms with Crippen LogP contribution < -0.4 is 10.2 Å². The second-order valence-electron chi connectivity index (χ2n) is 5.07. The van der Waals surface area contributed by atoms with E-state index >= 15 is 0 Å². The molecule has 4 heteroatoms. The number of anilines is 1. The van der Waals surface area contributed by atoms with Crippen LogP contribution in [0, 0.1) is 0 Å². The van der Waals surface area contributed by atoms with Gasteiger partial charge in [0.2, 0.25) is 0 Å². The quantitative estimate of drug-likeness (QED) is 0.861. The molecule has 2 aromatic rings. The first-order valence-electron chi connectivity index (χ1n) is 6.79. The summed E-state index contributed by atoms with van der Waals surface area (Å²) in [5.41, 5.74) is 2.75. The van der Waals surface area contributed by atoms with Crippen molar-refractivity contribution in [3.63, 3.8) is 0 Å². The minimum Gasteiger partial charge on any atom is -0.308 e. The van der Waals surface area contributed by atoms with E-state index < -0.39 is 0 Å². The van der Waals surface area contributed by atoms with Crippen LogP contribution in [-0.2, 0) is 6.54 Å². The van der Waals surface area contributed by atoms with Gasteiger partial charge in [0.25, 0.3) is 5.91 Å². The van der Waals surface area contributed by atoms with E-state index in [2.05, 4.69) is 23.3 Å². The van der Waals surface area contributed by atoms with E-state index in [4.69, 9.17) is 0 Å². The van der Waals surface area contributed by atoms with E-state index in [1.54, 1.807) is 24.5 Å². The Morgan fingerprint density at radius 3 is 2.95 bits per heavy atom. The molecular formula is C16H17N3O. The molecule has 1 amide bonds. The fraction of sp³-hybridized carbons (Fsp3) is 0.250. The fourth-order valence-corrected chi connectivity index (χ4v) is 2.48. The van der Waals surface area contributed by atoms with Crippen LogP contribution in [0.15, 0.2) is 48.8 Å². The zero-order valence-electron chi connectivity index (χ0n) is 11.4. The molecule has 1 aromatic carbocycles. The number of carbonyl (C=O) groups is 1. The van der Waals surface area contributed by atoms with Crippen LogP contribution in [0.2, 0.25) is 0 Å². The number of carbonyl (C=O) groups excluding carboxylic acids is 1. The Hall–Kier alpha value is -2.20. The summed E-state index contributed by atoms with van der Waals surface area (Å²) < 4.78 is 0. The summed E-state index contributed by atoms with van der Waals surface area (Å²) in [5, 5.41) is 3.43. The van der Waals surface area contributed by atoms with Crippen molar-refractivity contribution in [3.8, 4) is 0 Å². The molecule has 0 fully saturated rings. The number of benzene rings is 1. The highest BCUT2D eigenvalue weighted by atomic mass is 16.2. The molecule has 0 saturated heterocycles. The molecule has 1 atom stereocenters. The van der Waals surface area contributed by atoms with E-state index in [0.717, 1.165) is 17.8 Å². The minimum atomic E-state index is 0.00102. The summed E-state index contributed by atoms with van der Waals surface area (Å²) in [5.74, 6) is 0.00102. The largest absolute Gasteiger partial charge is 0.308 e. The summed E-state index contributed by atoms with van der Waals surface area (Å²) in [6.07, 6.45) is 3.30. The summed E-state index contributed by atoms with van der Waals surface area (Å²) in [7, 11) is 0. The molecule has 1 aromatic heterocycles. The Morgan fingerprint density at radius 2 is 2.15 bits per heavy atom. The molecule has 1 aliphatic heterocycles. The van der Waals surface area contributed by atoms with Crippen molar-refractivity contribution >= 4 is 11.6 Å². The second kappa shape index (κ2) is 5.43. The summed E-state index contributed by atoms with van der Waals surface area (Å²) in [6, 6.07) is 11.9. The number of hydrogen-bond acceptors (Lipinski definition) is 3. The molecule has 0 radical (unpaired) electrons. The number of para-hydroxylation sites is 1. The number of nitrogens with zero attached hydrogens (tertiary/aromatic N) is 2. The third kappa shape index (κ3) is 2.42. The van der Waals surface area contributed by atoms with Gasteiger partial charge in [0, 0.05) is 37.2 Å². The lowest BCUT2D eigenvalue weighted by molar-refractivity contribution is 0.0985. The molecule has 102 valence electrons. The lowest BCUT2D eigenvalue weighted by Gasteiger charge is -2.24. The average molecular weight is 267 g/mol. The van der Waals surface area contributed by atoms with Crippen molar-refractivity contribution in [3.05, 3.63) is 59.9 Å². The van der Waals surface area contributed by atoms with E-state index in [1.807, 2.05) is 23.1 Å². The van der Waals surface area contributed by atoms with Crippen molar-refractivity contribution in [1.82, 2.24) is 10.3 Å². The van der Waals surface area contributed by atoms with E-state index in [0.29, 0.717) is 12.1 Å². The first-order chi connectivity index (χ1) is 9.75. The Bertz CT molecular complexity index is 612. The number of hydrogen-bond donors (Lipinski definition) is 1. The molecule has 3 rings (SSSR count). The highest BCUT2D eigenvalue weighted by Crippen LogP contribution is 2.24. The number of nitrogens with one attached hydrogen (secondary N) is 1. The molecule has 0 bridgehead atoms. The van der Waals surface area contributed by atoms with Crippen LogP contribution in [0.1, 0.15) is 22.8 Å². The zero-order valence-corrected chi connectivity index (χ0v) is 11.4. The SMILES string of the molecule is CC1CN(C(=O)c2cccnc2)c2ccccc2CN1. The van der Waals surface area contributed by atoms with Gasteiger partial charge in [-0.05, 0) is 30.7 Å². The Morgan fingerprint density at radius 1 is 1.30 bits per heavy atom. The molecule has 20 heavy (non-hydrogen) atoms. The van der Waals surface area contributed by atoms with Gasteiger partial charge < -0.3 is 10.2 Å². The minimum absolute atomic E-state index is 0.00102. The molecule has 1 unspecified atom stereocenters. The molecule has 2 heterocycles. The zero-order chi connectivity index (χ0) is 13.9. The molecule has 4 nitrogen and oxygen atoms in total. The summed E-state index contributed by atoms with van der Waals surface area (Å²) in [4.78, 5) is 18.6. The first-order valence-corrected chi connectivity index (χ1v) is 6.79. The molecule has 0 aliphatic carbocycles. The molecule has 1 aliphatic rings. The number of aromatic nitrogens is 1. The van der Waals surface area contributed by atoms with Crippen molar-refractivity contribution in [2.75, 3.05) is 11.4 Å². The van der Waals surface area contributed by atoms with E-state index in [9.17, 15) is 4.79 Å². The highest BCUT2D eigenvalue weighted by Gasteiger charge is 2.24. The first kappa shape index (κ1) is 12.8. The standard InChI is InChI=1S/C16H17N3O/c1-12-11-19(16(20)14-6-4-8-17-9-14)15-7-3-2-5-13(15)10-18-12/h2-9,12,18H,10-11H2,1H3. The van der Waals surface area contributed by atoms with E-state index in [1.165, 1.54) is 0 Å². The lowest BCUT2D eigenvalue weighted by atomic mass is 10.1. The Kier molecular flexibility index (Phi) is 3.48. The summed E-state index contributed by atoms with van der Waals surface area (Å²) in [6.45, 7) is 3.54. The van der Waals surface area contributed by atoms with Gasteiger partial charge in [-0.1, -0.05) is 18.2 Å². The van der Waals surface area contributed by atoms with Crippen LogP contribution in [0.3, 0.4) is 0 Å².